The smallest absolute Gasteiger partial charge is 0.251 e. The second kappa shape index (κ2) is 8.11. The van der Waals surface area contributed by atoms with E-state index in [1.165, 1.54) is 12.8 Å². The van der Waals surface area contributed by atoms with Gasteiger partial charge in [-0.1, -0.05) is 18.9 Å². The molecule has 3 rings (SSSR count). The maximum absolute atomic E-state index is 12.6. The van der Waals surface area contributed by atoms with Gasteiger partial charge in [0.1, 0.15) is 18.7 Å². The van der Waals surface area contributed by atoms with Crippen molar-refractivity contribution in [3.63, 3.8) is 0 Å². The van der Waals surface area contributed by atoms with E-state index >= 15 is 0 Å². The third-order valence-electron chi connectivity index (χ3n) is 4.54. The minimum Gasteiger partial charge on any atom is -0.492 e. The van der Waals surface area contributed by atoms with Gasteiger partial charge in [-0.25, -0.2) is 0 Å². The molecule has 1 heterocycles. The molecule has 1 aliphatic carbocycles. The lowest BCUT2D eigenvalue weighted by Crippen LogP contribution is -2.29. The molecule has 0 bridgehead atoms. The summed E-state index contributed by atoms with van der Waals surface area (Å²) < 4.78 is 7.59. The molecule has 0 aliphatic heterocycles. The zero-order chi connectivity index (χ0) is 17.6. The number of benzene rings is 1. The Kier molecular flexibility index (Phi) is 5.65. The number of aromatic nitrogens is 3. The van der Waals surface area contributed by atoms with E-state index in [1.807, 2.05) is 13.0 Å². The van der Waals surface area contributed by atoms with Gasteiger partial charge in [0.05, 0.1) is 6.04 Å². The molecule has 7 heteroatoms. The summed E-state index contributed by atoms with van der Waals surface area (Å²) in [5.41, 5.74) is 5.99. The summed E-state index contributed by atoms with van der Waals surface area (Å²) in [7, 11) is 0. The van der Waals surface area contributed by atoms with Crippen LogP contribution in [0.4, 0.5) is 0 Å². The first kappa shape index (κ1) is 17.4. The second-order valence-electron chi connectivity index (χ2n) is 6.39. The highest BCUT2D eigenvalue weighted by atomic mass is 16.5. The van der Waals surface area contributed by atoms with Gasteiger partial charge in [0.25, 0.3) is 5.91 Å². The minimum atomic E-state index is -0.218. The SMILES string of the molecule is CC(NC(=O)c1cccc(OCCN)c1)c1nncn1C1CCCC1. The van der Waals surface area contributed by atoms with E-state index in [2.05, 4.69) is 20.1 Å². The number of carbonyl (C=O) groups is 1. The van der Waals surface area contributed by atoms with Gasteiger partial charge in [0, 0.05) is 18.2 Å². The number of nitrogens with zero attached hydrogens (tertiary/aromatic N) is 3. The van der Waals surface area contributed by atoms with Crippen molar-refractivity contribution < 1.29 is 9.53 Å². The molecule has 0 saturated heterocycles. The van der Waals surface area contributed by atoms with E-state index in [1.54, 1.807) is 24.5 Å². The zero-order valence-electron chi connectivity index (χ0n) is 14.5. The maximum atomic E-state index is 12.6. The van der Waals surface area contributed by atoms with Gasteiger partial charge in [-0.2, -0.15) is 0 Å². The number of carbonyl (C=O) groups excluding carboxylic acids is 1. The average Bonchev–Trinajstić information content (AvgIpc) is 3.30. The Morgan fingerprint density at radius 1 is 1.44 bits per heavy atom. The third-order valence-corrected chi connectivity index (χ3v) is 4.54. The topological polar surface area (TPSA) is 95.1 Å². The predicted octanol–water partition coefficient (Wildman–Crippen LogP) is 2.22. The summed E-state index contributed by atoms with van der Waals surface area (Å²) >= 11 is 0. The molecule has 134 valence electrons. The van der Waals surface area contributed by atoms with Crippen molar-refractivity contribution in [2.75, 3.05) is 13.2 Å². The first-order valence-corrected chi connectivity index (χ1v) is 8.82. The van der Waals surface area contributed by atoms with Crippen LogP contribution in [0.15, 0.2) is 30.6 Å². The van der Waals surface area contributed by atoms with Crippen molar-refractivity contribution in [3.8, 4) is 5.75 Å². The number of hydrogen-bond acceptors (Lipinski definition) is 5. The van der Waals surface area contributed by atoms with Gasteiger partial charge < -0.3 is 20.4 Å². The molecule has 0 spiro atoms. The molecule has 7 nitrogen and oxygen atoms in total. The minimum absolute atomic E-state index is 0.160. The lowest BCUT2D eigenvalue weighted by atomic mass is 10.1. The van der Waals surface area contributed by atoms with Crippen molar-refractivity contribution in [1.82, 2.24) is 20.1 Å². The fraction of sp³-hybridized carbons (Fsp3) is 0.500. The van der Waals surface area contributed by atoms with Crippen LogP contribution in [0.25, 0.3) is 0 Å². The van der Waals surface area contributed by atoms with E-state index in [4.69, 9.17) is 10.5 Å². The molecule has 25 heavy (non-hydrogen) atoms. The molecule has 1 fully saturated rings. The van der Waals surface area contributed by atoms with Crippen LogP contribution in [0.3, 0.4) is 0 Å². The number of nitrogens with one attached hydrogen (secondary N) is 1. The van der Waals surface area contributed by atoms with E-state index in [9.17, 15) is 4.79 Å². The maximum Gasteiger partial charge on any atom is 0.251 e. The molecule has 2 aromatic rings. The number of hydrogen-bond donors (Lipinski definition) is 2. The Bertz CT molecular complexity index is 709. The highest BCUT2D eigenvalue weighted by Crippen LogP contribution is 2.31. The summed E-state index contributed by atoms with van der Waals surface area (Å²) in [6.45, 7) is 2.79. The molecule has 1 saturated carbocycles. The molecule has 3 N–H and O–H groups in total. The van der Waals surface area contributed by atoms with Crippen molar-refractivity contribution >= 4 is 5.91 Å². The first-order valence-electron chi connectivity index (χ1n) is 8.82. The Labute approximate surface area is 147 Å². The molecular weight excluding hydrogens is 318 g/mol. The van der Waals surface area contributed by atoms with Crippen LogP contribution in [0.1, 0.15) is 60.9 Å². The van der Waals surface area contributed by atoms with Gasteiger partial charge in [-0.15, -0.1) is 10.2 Å². The van der Waals surface area contributed by atoms with Crippen LogP contribution in [-0.4, -0.2) is 33.8 Å². The van der Waals surface area contributed by atoms with E-state index < -0.39 is 0 Å². The Morgan fingerprint density at radius 2 is 2.24 bits per heavy atom. The normalized spacial score (nSPS) is 15.9. The number of ether oxygens (including phenoxy) is 1. The molecule has 0 radical (unpaired) electrons. The molecule has 1 atom stereocenters. The summed E-state index contributed by atoms with van der Waals surface area (Å²) in [6.07, 6.45) is 6.53. The van der Waals surface area contributed by atoms with Gasteiger partial charge in [-0.3, -0.25) is 4.79 Å². The van der Waals surface area contributed by atoms with Crippen LogP contribution in [0, 0.1) is 0 Å². The van der Waals surface area contributed by atoms with E-state index in [-0.39, 0.29) is 11.9 Å². The second-order valence-corrected chi connectivity index (χ2v) is 6.39. The number of rotatable bonds is 7. The third kappa shape index (κ3) is 4.17. The average molecular weight is 343 g/mol. The van der Waals surface area contributed by atoms with Crippen LogP contribution in [-0.2, 0) is 0 Å². The monoisotopic (exact) mass is 343 g/mol. The van der Waals surface area contributed by atoms with Crippen LogP contribution >= 0.6 is 0 Å². The van der Waals surface area contributed by atoms with E-state index in [0.717, 1.165) is 18.7 Å². The summed E-state index contributed by atoms with van der Waals surface area (Å²) in [5, 5.41) is 11.3. The van der Waals surface area contributed by atoms with E-state index in [0.29, 0.717) is 30.5 Å². The number of nitrogens with two attached hydrogens (primary N) is 1. The molecule has 1 amide bonds. The first-order chi connectivity index (χ1) is 12.2. The van der Waals surface area contributed by atoms with Crippen molar-refractivity contribution in [2.24, 2.45) is 5.73 Å². The molecule has 1 unspecified atom stereocenters. The Hall–Kier alpha value is -2.41. The fourth-order valence-corrected chi connectivity index (χ4v) is 3.27. The lowest BCUT2D eigenvalue weighted by Gasteiger charge is -2.19. The predicted molar refractivity (Wildman–Crippen MR) is 94.4 cm³/mol. The molecule has 1 aromatic carbocycles. The quantitative estimate of drug-likeness (QED) is 0.804. The van der Waals surface area contributed by atoms with Crippen LogP contribution in [0.2, 0.25) is 0 Å². The highest BCUT2D eigenvalue weighted by molar-refractivity contribution is 5.94. The van der Waals surface area contributed by atoms with Gasteiger partial charge in [0.15, 0.2) is 5.82 Å². The largest absolute Gasteiger partial charge is 0.492 e. The van der Waals surface area contributed by atoms with Gasteiger partial charge in [0.2, 0.25) is 0 Å². The highest BCUT2D eigenvalue weighted by Gasteiger charge is 2.23. The van der Waals surface area contributed by atoms with Gasteiger partial charge >= 0.3 is 0 Å². The standard InChI is InChI=1S/C18H25N5O2/c1-13(17-22-20-12-23(17)15-6-2-3-7-15)21-18(24)14-5-4-8-16(11-14)25-10-9-19/h4-5,8,11-13,15H,2-3,6-7,9-10,19H2,1H3,(H,21,24). The lowest BCUT2D eigenvalue weighted by molar-refractivity contribution is 0.0936. The molecule has 1 aliphatic rings. The summed E-state index contributed by atoms with van der Waals surface area (Å²) in [6, 6.07) is 7.32. The van der Waals surface area contributed by atoms with Crippen LogP contribution < -0.4 is 15.8 Å². The Morgan fingerprint density at radius 3 is 3.00 bits per heavy atom. The number of amides is 1. The molecular formula is C18H25N5O2. The molecule has 1 aromatic heterocycles. The van der Waals surface area contributed by atoms with Crippen molar-refractivity contribution in [1.29, 1.82) is 0 Å². The Balaban J connectivity index is 1.68. The summed E-state index contributed by atoms with van der Waals surface area (Å²) in [4.78, 5) is 12.6. The summed E-state index contributed by atoms with van der Waals surface area (Å²) in [5.74, 6) is 1.28. The zero-order valence-corrected chi connectivity index (χ0v) is 14.5. The fourth-order valence-electron chi connectivity index (χ4n) is 3.27. The van der Waals surface area contributed by atoms with Crippen molar-refractivity contribution in [3.05, 3.63) is 42.0 Å². The van der Waals surface area contributed by atoms with Crippen LogP contribution in [0.5, 0.6) is 5.75 Å². The van der Waals surface area contributed by atoms with Crippen molar-refractivity contribution in [2.45, 2.75) is 44.7 Å². The van der Waals surface area contributed by atoms with Gasteiger partial charge in [-0.05, 0) is 38.0 Å².